The highest BCUT2D eigenvalue weighted by Crippen LogP contribution is 2.28. The van der Waals surface area contributed by atoms with Crippen LogP contribution in [0, 0.1) is 20.8 Å². The fourth-order valence-corrected chi connectivity index (χ4v) is 5.88. The number of piperazine rings is 1. The Kier molecular flexibility index (Phi) is 8.35. The summed E-state index contributed by atoms with van der Waals surface area (Å²) in [6.07, 6.45) is 4.82. The standard InChI is InChI=1S/C30H42N8O2/c1-7-24-18-37(27-22(6)33-26(17-31-27)28-34-35-30(40-28)32-19(2)3)14-15-38(24)25-10-12-36(13-11-25)29(39)23-9-8-20(4)21(5)16-23/h8-9,16-17,19,24-25H,7,10-15,18H2,1-6H3,(H,32,35). The molecule has 1 aromatic carbocycles. The number of carbonyl (C=O) groups excluding carboxylic acids is 1. The molecule has 1 atom stereocenters. The fourth-order valence-electron chi connectivity index (χ4n) is 5.88. The van der Waals surface area contributed by atoms with Gasteiger partial charge in [-0.2, -0.15) is 0 Å². The van der Waals surface area contributed by atoms with E-state index in [4.69, 9.17) is 14.4 Å². The van der Waals surface area contributed by atoms with Crippen molar-refractivity contribution in [3.63, 3.8) is 0 Å². The smallest absolute Gasteiger partial charge is 0.316 e. The molecule has 10 heteroatoms. The van der Waals surface area contributed by atoms with Gasteiger partial charge in [-0.05, 0) is 77.1 Å². The largest absolute Gasteiger partial charge is 0.402 e. The first kappa shape index (κ1) is 28.0. The molecule has 2 aliphatic rings. The van der Waals surface area contributed by atoms with E-state index in [2.05, 4.69) is 46.1 Å². The van der Waals surface area contributed by atoms with E-state index in [1.165, 1.54) is 11.1 Å². The van der Waals surface area contributed by atoms with Gasteiger partial charge in [-0.3, -0.25) is 9.69 Å². The van der Waals surface area contributed by atoms with Crippen LogP contribution in [0.4, 0.5) is 11.8 Å². The number of aryl methyl sites for hydroxylation is 3. The number of hydrogen-bond donors (Lipinski definition) is 1. The second-order valence-corrected chi connectivity index (χ2v) is 11.4. The molecule has 2 aliphatic heterocycles. The van der Waals surface area contributed by atoms with Crippen LogP contribution in [0.3, 0.4) is 0 Å². The van der Waals surface area contributed by atoms with Crippen molar-refractivity contribution in [3.8, 4) is 11.6 Å². The summed E-state index contributed by atoms with van der Waals surface area (Å²) in [6, 6.07) is 7.55. The number of anilines is 2. The number of aromatic nitrogens is 4. The average molecular weight is 547 g/mol. The molecule has 0 spiro atoms. The number of benzene rings is 1. The highest BCUT2D eigenvalue weighted by atomic mass is 16.4. The van der Waals surface area contributed by atoms with Crippen LogP contribution in [0.25, 0.3) is 11.6 Å². The van der Waals surface area contributed by atoms with Crippen LogP contribution in [0.2, 0.25) is 0 Å². The molecule has 40 heavy (non-hydrogen) atoms. The summed E-state index contributed by atoms with van der Waals surface area (Å²) in [5.41, 5.74) is 4.63. The van der Waals surface area contributed by atoms with E-state index < -0.39 is 0 Å². The van der Waals surface area contributed by atoms with Gasteiger partial charge in [0.25, 0.3) is 11.8 Å². The number of hydrogen-bond acceptors (Lipinski definition) is 9. The van der Waals surface area contributed by atoms with Crippen molar-refractivity contribution in [2.45, 2.75) is 78.9 Å². The maximum absolute atomic E-state index is 13.1. The van der Waals surface area contributed by atoms with Crippen molar-refractivity contribution in [2.75, 3.05) is 42.9 Å². The molecule has 2 aromatic heterocycles. The summed E-state index contributed by atoms with van der Waals surface area (Å²) in [5, 5.41) is 11.3. The van der Waals surface area contributed by atoms with Gasteiger partial charge in [0.1, 0.15) is 11.5 Å². The van der Waals surface area contributed by atoms with Gasteiger partial charge in [0.05, 0.1) is 11.9 Å². The van der Waals surface area contributed by atoms with Gasteiger partial charge in [0.2, 0.25) is 0 Å². The summed E-state index contributed by atoms with van der Waals surface area (Å²) >= 11 is 0. The first-order chi connectivity index (χ1) is 19.2. The molecule has 1 amide bonds. The Balaban J connectivity index is 1.19. The van der Waals surface area contributed by atoms with E-state index in [-0.39, 0.29) is 11.9 Å². The topological polar surface area (TPSA) is 104 Å². The molecule has 2 fully saturated rings. The van der Waals surface area contributed by atoms with E-state index in [0.29, 0.717) is 29.7 Å². The van der Waals surface area contributed by atoms with Crippen molar-refractivity contribution in [2.24, 2.45) is 0 Å². The van der Waals surface area contributed by atoms with Crippen LogP contribution in [0.15, 0.2) is 28.8 Å². The first-order valence-electron chi connectivity index (χ1n) is 14.5. The second kappa shape index (κ2) is 11.9. The zero-order chi connectivity index (χ0) is 28.4. The third kappa shape index (κ3) is 5.96. The van der Waals surface area contributed by atoms with Gasteiger partial charge in [0.15, 0.2) is 0 Å². The zero-order valence-electron chi connectivity index (χ0n) is 24.6. The molecule has 4 heterocycles. The molecule has 214 valence electrons. The number of piperidine rings is 1. The Morgan fingerprint density at radius 2 is 1.85 bits per heavy atom. The van der Waals surface area contributed by atoms with Gasteiger partial charge in [-0.15, -0.1) is 5.10 Å². The van der Waals surface area contributed by atoms with Crippen molar-refractivity contribution in [1.29, 1.82) is 0 Å². The Labute approximate surface area is 237 Å². The molecule has 5 rings (SSSR count). The molecule has 3 aromatic rings. The summed E-state index contributed by atoms with van der Waals surface area (Å²) in [7, 11) is 0. The van der Waals surface area contributed by atoms with Crippen LogP contribution < -0.4 is 10.2 Å². The summed E-state index contributed by atoms with van der Waals surface area (Å²) in [5.74, 6) is 1.43. The minimum Gasteiger partial charge on any atom is -0.402 e. The van der Waals surface area contributed by atoms with Crippen molar-refractivity contribution < 1.29 is 9.21 Å². The zero-order valence-corrected chi connectivity index (χ0v) is 24.6. The lowest BCUT2D eigenvalue weighted by Crippen LogP contribution is -2.58. The number of nitrogens with one attached hydrogen (secondary N) is 1. The fraction of sp³-hybridized carbons (Fsp3) is 0.567. The summed E-state index contributed by atoms with van der Waals surface area (Å²) in [4.78, 5) is 29.7. The second-order valence-electron chi connectivity index (χ2n) is 11.4. The van der Waals surface area contributed by atoms with Crippen molar-refractivity contribution in [3.05, 3.63) is 46.8 Å². The highest BCUT2D eigenvalue weighted by molar-refractivity contribution is 5.94. The lowest BCUT2D eigenvalue weighted by Gasteiger charge is -2.47. The van der Waals surface area contributed by atoms with Gasteiger partial charge in [-0.1, -0.05) is 18.1 Å². The molecule has 10 nitrogen and oxygen atoms in total. The molecule has 0 bridgehead atoms. The van der Waals surface area contributed by atoms with Gasteiger partial charge in [0, 0.05) is 56.4 Å². The van der Waals surface area contributed by atoms with Gasteiger partial charge < -0.3 is 19.5 Å². The number of amides is 1. The van der Waals surface area contributed by atoms with Crippen LogP contribution in [0.1, 0.15) is 67.2 Å². The molecule has 0 aliphatic carbocycles. The number of nitrogens with zero attached hydrogens (tertiary/aromatic N) is 7. The maximum atomic E-state index is 13.1. The summed E-state index contributed by atoms with van der Waals surface area (Å²) < 4.78 is 5.71. The quantitative estimate of drug-likeness (QED) is 0.459. The number of carbonyl (C=O) groups is 1. The molecule has 2 saturated heterocycles. The van der Waals surface area contributed by atoms with Crippen LogP contribution in [-0.4, -0.2) is 86.7 Å². The van der Waals surface area contributed by atoms with Crippen molar-refractivity contribution >= 4 is 17.7 Å². The summed E-state index contributed by atoms with van der Waals surface area (Å²) in [6.45, 7) is 16.8. The van der Waals surface area contributed by atoms with E-state index in [1.807, 2.05) is 43.9 Å². The Morgan fingerprint density at radius 1 is 1.07 bits per heavy atom. The van der Waals surface area contributed by atoms with Crippen LogP contribution in [0.5, 0.6) is 0 Å². The van der Waals surface area contributed by atoms with E-state index >= 15 is 0 Å². The van der Waals surface area contributed by atoms with Crippen LogP contribution >= 0.6 is 0 Å². The molecule has 0 radical (unpaired) electrons. The Hall–Kier alpha value is -3.53. The molecule has 1 unspecified atom stereocenters. The predicted molar refractivity (Wildman–Crippen MR) is 157 cm³/mol. The van der Waals surface area contributed by atoms with Gasteiger partial charge in [-0.25, -0.2) is 9.97 Å². The van der Waals surface area contributed by atoms with Crippen molar-refractivity contribution in [1.82, 2.24) is 30.0 Å². The Bertz CT molecular complexity index is 1330. The average Bonchev–Trinajstić information content (AvgIpc) is 3.41. The molecular formula is C30H42N8O2. The molecule has 0 saturated carbocycles. The SMILES string of the molecule is CCC1CN(c2ncc(-c3nnc(NC(C)C)o3)nc2C)CCN1C1CCN(C(=O)c2ccc(C)c(C)c2)CC1. The van der Waals surface area contributed by atoms with E-state index in [0.717, 1.165) is 69.1 Å². The Morgan fingerprint density at radius 3 is 2.52 bits per heavy atom. The first-order valence-corrected chi connectivity index (χ1v) is 14.5. The van der Waals surface area contributed by atoms with E-state index in [9.17, 15) is 4.79 Å². The van der Waals surface area contributed by atoms with Gasteiger partial charge >= 0.3 is 6.01 Å². The minimum absolute atomic E-state index is 0.156. The third-order valence-electron chi connectivity index (χ3n) is 8.25. The lowest BCUT2D eigenvalue weighted by molar-refractivity contribution is 0.0490. The molecule has 1 N–H and O–H groups in total. The minimum atomic E-state index is 0.156. The lowest BCUT2D eigenvalue weighted by atomic mass is 9.97. The highest BCUT2D eigenvalue weighted by Gasteiger charge is 2.35. The monoisotopic (exact) mass is 546 g/mol. The van der Waals surface area contributed by atoms with Crippen LogP contribution in [-0.2, 0) is 0 Å². The number of rotatable bonds is 7. The molecular weight excluding hydrogens is 504 g/mol. The van der Waals surface area contributed by atoms with E-state index in [1.54, 1.807) is 6.20 Å². The third-order valence-corrected chi connectivity index (χ3v) is 8.25. The number of likely N-dealkylation sites (tertiary alicyclic amines) is 1. The maximum Gasteiger partial charge on any atom is 0.316 e. The normalized spacial score (nSPS) is 18.9. The predicted octanol–water partition coefficient (Wildman–Crippen LogP) is 4.48.